The molecule has 0 saturated carbocycles. The fourth-order valence-electron chi connectivity index (χ4n) is 3.38. The van der Waals surface area contributed by atoms with E-state index in [0.29, 0.717) is 34.2 Å². The monoisotopic (exact) mass is 448 g/mol. The van der Waals surface area contributed by atoms with Crippen molar-refractivity contribution >= 4 is 27.4 Å². The number of guanidine groups is 1. The van der Waals surface area contributed by atoms with Gasteiger partial charge in [0.15, 0.2) is 6.19 Å². The third-order valence-corrected chi connectivity index (χ3v) is 6.30. The van der Waals surface area contributed by atoms with E-state index in [1.54, 1.807) is 62.6 Å². The number of sulfonamides is 1. The summed E-state index contributed by atoms with van der Waals surface area (Å²) < 4.78 is 28.5. The molecule has 0 aliphatic rings. The summed E-state index contributed by atoms with van der Waals surface area (Å²) in [6.45, 7) is 5.82. The first-order valence-electron chi connectivity index (χ1n) is 9.85. The number of nitriles is 1. The number of aryl methyl sites for hydroxylation is 3. The maximum absolute atomic E-state index is 12.9. The molecule has 0 amide bonds. The van der Waals surface area contributed by atoms with Gasteiger partial charge in [-0.05, 0) is 61.7 Å². The van der Waals surface area contributed by atoms with Crippen LogP contribution in [-0.2, 0) is 16.6 Å². The van der Waals surface area contributed by atoms with Gasteiger partial charge in [0.1, 0.15) is 0 Å². The summed E-state index contributed by atoms with van der Waals surface area (Å²) in [6.07, 6.45) is 5.11. The van der Waals surface area contributed by atoms with Crippen LogP contribution < -0.4 is 15.4 Å². The standard InChI is InChI=1S/C23H24N6O2S/c1-16-12-17(2)22(18(3)13-16)32(30,31)29-21-6-4-19(5-7-21)14-26-23(27-15-24)28-20-8-10-25-11-9-20/h4-13,29H,14H2,1-3H3,(H2,25,26,27,28). The lowest BCUT2D eigenvalue weighted by Gasteiger charge is -2.14. The zero-order chi connectivity index (χ0) is 23.1. The van der Waals surface area contributed by atoms with Gasteiger partial charge in [-0.3, -0.25) is 15.0 Å². The van der Waals surface area contributed by atoms with Gasteiger partial charge < -0.3 is 5.32 Å². The summed E-state index contributed by atoms with van der Waals surface area (Å²) in [5.41, 5.74) is 4.49. The number of anilines is 2. The second-order valence-corrected chi connectivity index (χ2v) is 8.91. The average molecular weight is 449 g/mol. The minimum Gasteiger partial charge on any atom is -0.325 e. The highest BCUT2D eigenvalue weighted by Gasteiger charge is 2.20. The van der Waals surface area contributed by atoms with Gasteiger partial charge in [0.25, 0.3) is 10.0 Å². The van der Waals surface area contributed by atoms with E-state index < -0.39 is 10.0 Å². The van der Waals surface area contributed by atoms with Crippen LogP contribution in [-0.4, -0.2) is 19.4 Å². The largest absolute Gasteiger partial charge is 0.325 e. The predicted octanol–water partition coefficient (Wildman–Crippen LogP) is 3.85. The van der Waals surface area contributed by atoms with Gasteiger partial charge in [0.05, 0.1) is 11.4 Å². The summed E-state index contributed by atoms with van der Waals surface area (Å²) in [5.74, 6) is 0.300. The summed E-state index contributed by atoms with van der Waals surface area (Å²) in [6, 6.07) is 14.2. The molecule has 0 radical (unpaired) electrons. The molecule has 0 aliphatic carbocycles. The van der Waals surface area contributed by atoms with Crippen molar-refractivity contribution in [3.8, 4) is 6.19 Å². The Balaban J connectivity index is 1.72. The molecule has 1 aromatic heterocycles. The minimum atomic E-state index is -3.71. The summed E-state index contributed by atoms with van der Waals surface area (Å²) in [4.78, 5) is 8.62. The van der Waals surface area contributed by atoms with Crippen LogP contribution in [0.3, 0.4) is 0 Å². The van der Waals surface area contributed by atoms with Gasteiger partial charge in [0.2, 0.25) is 5.96 Å². The molecule has 32 heavy (non-hydrogen) atoms. The number of nitrogens with zero attached hydrogens (tertiary/aromatic N) is 3. The van der Waals surface area contributed by atoms with Gasteiger partial charge in [-0.15, -0.1) is 0 Å². The topological polar surface area (TPSA) is 119 Å². The van der Waals surface area contributed by atoms with Gasteiger partial charge in [-0.2, -0.15) is 5.26 Å². The Morgan fingerprint density at radius 2 is 1.62 bits per heavy atom. The highest BCUT2D eigenvalue weighted by Crippen LogP contribution is 2.24. The number of hydrogen-bond donors (Lipinski definition) is 3. The number of rotatable bonds is 6. The number of benzene rings is 2. The summed E-state index contributed by atoms with van der Waals surface area (Å²) >= 11 is 0. The van der Waals surface area contributed by atoms with Gasteiger partial charge in [-0.25, -0.2) is 13.4 Å². The smallest absolute Gasteiger partial charge is 0.262 e. The molecule has 0 spiro atoms. The second-order valence-electron chi connectivity index (χ2n) is 7.29. The zero-order valence-electron chi connectivity index (χ0n) is 18.0. The van der Waals surface area contributed by atoms with E-state index in [2.05, 4.69) is 25.3 Å². The Hall–Kier alpha value is -3.90. The zero-order valence-corrected chi connectivity index (χ0v) is 18.9. The van der Waals surface area contributed by atoms with E-state index in [4.69, 9.17) is 5.26 Å². The van der Waals surface area contributed by atoms with Gasteiger partial charge in [0, 0.05) is 23.8 Å². The number of nitrogens with one attached hydrogen (secondary N) is 3. The van der Waals surface area contributed by atoms with Crippen LogP contribution in [0, 0.1) is 32.2 Å². The van der Waals surface area contributed by atoms with Crippen molar-refractivity contribution in [1.29, 1.82) is 5.26 Å². The van der Waals surface area contributed by atoms with Crippen LogP contribution in [0.15, 0.2) is 70.8 Å². The molecule has 0 unspecified atom stereocenters. The molecule has 0 saturated heterocycles. The fraction of sp³-hybridized carbons (Fsp3) is 0.174. The SMILES string of the molecule is Cc1cc(C)c(S(=O)(=O)Nc2ccc(CN=C(NC#N)Nc3ccncc3)cc2)c(C)c1. The predicted molar refractivity (Wildman–Crippen MR) is 126 cm³/mol. The number of hydrogen-bond acceptors (Lipinski definition) is 5. The lowest BCUT2D eigenvalue weighted by Crippen LogP contribution is -2.26. The molecule has 0 atom stereocenters. The van der Waals surface area contributed by atoms with E-state index in [0.717, 1.165) is 16.8 Å². The quantitative estimate of drug-likeness (QED) is 0.228. The van der Waals surface area contributed by atoms with Crippen molar-refractivity contribution in [3.05, 3.63) is 83.2 Å². The number of aliphatic imine (C=N–C) groups is 1. The Bertz CT molecular complexity index is 1240. The van der Waals surface area contributed by atoms with Gasteiger partial charge in [-0.1, -0.05) is 29.8 Å². The van der Waals surface area contributed by atoms with Crippen molar-refractivity contribution in [2.45, 2.75) is 32.2 Å². The molecule has 164 valence electrons. The van der Waals surface area contributed by atoms with E-state index in [9.17, 15) is 8.42 Å². The Kier molecular flexibility index (Phi) is 7.07. The molecule has 0 aliphatic heterocycles. The molecule has 3 rings (SSSR count). The molecular formula is C23H24N6O2S. The first-order chi connectivity index (χ1) is 15.3. The second kappa shape index (κ2) is 9.94. The molecule has 3 aromatic rings. The van der Waals surface area contributed by atoms with Crippen LogP contribution in [0.5, 0.6) is 0 Å². The number of aromatic nitrogens is 1. The van der Waals surface area contributed by atoms with Crippen molar-refractivity contribution in [3.63, 3.8) is 0 Å². The van der Waals surface area contributed by atoms with Crippen molar-refractivity contribution in [2.24, 2.45) is 4.99 Å². The maximum atomic E-state index is 12.9. The van der Waals surface area contributed by atoms with Crippen LogP contribution in [0.25, 0.3) is 0 Å². The third-order valence-electron chi connectivity index (χ3n) is 4.62. The van der Waals surface area contributed by atoms with E-state index in [1.807, 2.05) is 25.2 Å². The third kappa shape index (κ3) is 5.83. The molecule has 2 aromatic carbocycles. The summed E-state index contributed by atoms with van der Waals surface area (Å²) in [5, 5.41) is 14.5. The van der Waals surface area contributed by atoms with Crippen LogP contribution in [0.1, 0.15) is 22.3 Å². The molecule has 0 fully saturated rings. The molecule has 0 bridgehead atoms. The Morgan fingerprint density at radius 3 is 2.22 bits per heavy atom. The first kappa shape index (κ1) is 22.8. The van der Waals surface area contributed by atoms with Gasteiger partial charge >= 0.3 is 0 Å². The van der Waals surface area contributed by atoms with Crippen LogP contribution in [0.2, 0.25) is 0 Å². The Labute approximate surface area is 188 Å². The van der Waals surface area contributed by atoms with E-state index in [1.165, 1.54) is 0 Å². The highest BCUT2D eigenvalue weighted by molar-refractivity contribution is 7.92. The van der Waals surface area contributed by atoms with Crippen molar-refractivity contribution < 1.29 is 8.42 Å². The lowest BCUT2D eigenvalue weighted by atomic mass is 10.1. The van der Waals surface area contributed by atoms with Crippen LogP contribution >= 0.6 is 0 Å². The summed E-state index contributed by atoms with van der Waals surface area (Å²) in [7, 11) is -3.71. The molecule has 8 nitrogen and oxygen atoms in total. The molecule has 1 heterocycles. The Morgan fingerprint density at radius 1 is 1.00 bits per heavy atom. The van der Waals surface area contributed by atoms with E-state index >= 15 is 0 Å². The molecule has 3 N–H and O–H groups in total. The van der Waals surface area contributed by atoms with Crippen molar-refractivity contribution in [1.82, 2.24) is 10.3 Å². The first-order valence-corrected chi connectivity index (χ1v) is 11.3. The average Bonchev–Trinajstić information content (AvgIpc) is 2.72. The normalized spacial score (nSPS) is 11.5. The highest BCUT2D eigenvalue weighted by atomic mass is 32.2. The molecular weight excluding hydrogens is 424 g/mol. The minimum absolute atomic E-state index is 0.297. The lowest BCUT2D eigenvalue weighted by molar-refractivity contribution is 0.600. The van der Waals surface area contributed by atoms with Crippen molar-refractivity contribution in [2.75, 3.05) is 10.0 Å². The van der Waals surface area contributed by atoms with Crippen LogP contribution in [0.4, 0.5) is 11.4 Å². The number of pyridine rings is 1. The molecule has 9 heteroatoms. The maximum Gasteiger partial charge on any atom is 0.262 e. The van der Waals surface area contributed by atoms with E-state index in [-0.39, 0.29) is 0 Å². The fourth-order valence-corrected chi connectivity index (χ4v) is 4.89.